The van der Waals surface area contributed by atoms with Crippen LogP contribution < -0.4 is 15.5 Å². The van der Waals surface area contributed by atoms with Crippen LogP contribution in [-0.4, -0.2) is 80.1 Å². The monoisotopic (exact) mass is 712 g/mol. The van der Waals surface area contributed by atoms with Crippen LogP contribution in [0.25, 0.3) is 0 Å². The number of phosphoric acid groups is 1. The number of carbonyl (C=O) groups is 3. The quantitative estimate of drug-likeness (QED) is 0.185. The van der Waals surface area contributed by atoms with Crippen LogP contribution in [0.4, 0.5) is 13.6 Å². The molecule has 2 amide bonds. The number of oxime groups is 1. The number of pyridine rings is 1. The van der Waals surface area contributed by atoms with Crippen LogP contribution >= 0.6 is 7.82 Å². The second-order valence-corrected chi connectivity index (χ2v) is 13.4. The molecule has 1 aromatic carbocycles. The topological polar surface area (TPSA) is 205 Å². The number of hydrogen-bond donors (Lipinski definition) is 3. The molecule has 266 valence electrons. The number of hydrogen-bond acceptors (Lipinski definition) is 11. The molecule has 0 unspecified atom stereocenters. The molecular formula is C30H35F2N4O12P. The van der Waals surface area contributed by atoms with Crippen molar-refractivity contribution >= 4 is 31.5 Å². The van der Waals surface area contributed by atoms with Crippen molar-refractivity contribution in [2.75, 3.05) is 13.3 Å². The third-order valence-corrected chi connectivity index (χ3v) is 9.36. The Hall–Kier alpha value is -4.38. The first-order chi connectivity index (χ1) is 23.0. The van der Waals surface area contributed by atoms with E-state index in [1.165, 1.54) is 24.6 Å². The van der Waals surface area contributed by atoms with Gasteiger partial charge in [0.15, 0.2) is 11.3 Å². The molecule has 0 saturated carbocycles. The highest BCUT2D eigenvalue weighted by Gasteiger charge is 2.54. The summed E-state index contributed by atoms with van der Waals surface area (Å²) in [6.45, 7) is 4.93. The fourth-order valence-electron chi connectivity index (χ4n) is 6.06. The molecule has 49 heavy (non-hydrogen) atoms. The molecule has 0 radical (unpaired) electrons. The Bertz CT molecular complexity index is 1800. The van der Waals surface area contributed by atoms with Crippen LogP contribution in [0, 0.1) is 11.6 Å². The lowest BCUT2D eigenvalue weighted by Gasteiger charge is -2.42. The van der Waals surface area contributed by atoms with Gasteiger partial charge in [0.2, 0.25) is 18.0 Å². The van der Waals surface area contributed by atoms with Gasteiger partial charge in [-0.2, -0.15) is 0 Å². The third-order valence-electron chi connectivity index (χ3n) is 8.75. The van der Waals surface area contributed by atoms with Crippen molar-refractivity contribution in [3.63, 3.8) is 0 Å². The summed E-state index contributed by atoms with van der Waals surface area (Å²) in [6, 6.07) is 1.86. The lowest BCUT2D eigenvalue weighted by atomic mass is 9.84. The van der Waals surface area contributed by atoms with Crippen molar-refractivity contribution in [1.82, 2.24) is 14.8 Å². The fraction of sp³-hybridized carbons (Fsp3) is 0.500. The molecule has 1 saturated heterocycles. The van der Waals surface area contributed by atoms with Gasteiger partial charge >= 0.3 is 14.0 Å². The zero-order chi connectivity index (χ0) is 35.8. The number of nitrogens with zero attached hydrogens (tertiary/aromatic N) is 3. The number of benzene rings is 1. The summed E-state index contributed by atoms with van der Waals surface area (Å²) in [7, 11) is -4.89. The number of rotatable bonds is 10. The molecule has 1 spiro atoms. The molecule has 4 heterocycles. The Morgan fingerprint density at radius 2 is 1.96 bits per heavy atom. The average Bonchev–Trinajstić information content (AvgIpc) is 3.34. The van der Waals surface area contributed by atoms with Crippen LogP contribution in [0.2, 0.25) is 0 Å². The number of fused-ring (bicyclic) bond motifs is 5. The van der Waals surface area contributed by atoms with Gasteiger partial charge in [0.1, 0.15) is 29.4 Å². The molecule has 3 N–H and O–H groups in total. The lowest BCUT2D eigenvalue weighted by molar-refractivity contribution is -0.0659. The number of amides is 2. The predicted molar refractivity (Wildman–Crippen MR) is 164 cm³/mol. The van der Waals surface area contributed by atoms with Crippen molar-refractivity contribution in [1.29, 1.82) is 0 Å². The average molecular weight is 713 g/mol. The molecule has 2 aromatic rings. The number of nitrogens with one attached hydrogen (secondary N) is 1. The summed E-state index contributed by atoms with van der Waals surface area (Å²) in [5, 5.41) is 6.60. The Morgan fingerprint density at radius 3 is 2.61 bits per heavy atom. The van der Waals surface area contributed by atoms with Crippen molar-refractivity contribution in [3.8, 4) is 5.75 Å². The van der Waals surface area contributed by atoms with Gasteiger partial charge in [-0.3, -0.25) is 18.9 Å². The molecule has 0 aliphatic carbocycles. The Kier molecular flexibility index (Phi) is 10.2. The summed E-state index contributed by atoms with van der Waals surface area (Å²) in [6.07, 6.45) is -1.17. The normalized spacial score (nSPS) is 22.7. The van der Waals surface area contributed by atoms with E-state index >= 15 is 0 Å². The van der Waals surface area contributed by atoms with E-state index in [1.807, 2.05) is 6.92 Å². The van der Waals surface area contributed by atoms with Crippen molar-refractivity contribution in [2.24, 2.45) is 5.16 Å². The Balaban J connectivity index is 1.48. The molecule has 1 fully saturated rings. The highest BCUT2D eigenvalue weighted by Crippen LogP contribution is 2.46. The maximum absolute atomic E-state index is 14.3. The smallest absolute Gasteiger partial charge is 0.451 e. The maximum Gasteiger partial charge on any atom is 0.511 e. The lowest BCUT2D eigenvalue weighted by Crippen LogP contribution is -2.52. The number of ether oxygens (including phenoxy) is 3. The Labute approximate surface area is 278 Å². The van der Waals surface area contributed by atoms with Gasteiger partial charge < -0.3 is 43.6 Å². The standard InChI is InChI=1S/C30H35F2N4O12P/c1-15-10-30(48-34-15)8-7-16(2)35-13-23(30)36-12-21(27(38)33-11-19-5-6-20(31)9-22(19)32)25(37)26(24(36)28(35)39)44-14-45-29(40)46-17(3)18(4)47-49(41,42)43/h5-6,9,12,16-18,23H,7-8,10-11,13-14H2,1-4H3,(H,33,38)(H2,41,42,43)/t16-,17-,18+,23+,30-/m0/s1. The number of phosphoric ester groups is 1. The Morgan fingerprint density at radius 1 is 1.22 bits per heavy atom. The predicted octanol–water partition coefficient (Wildman–Crippen LogP) is 3.15. The molecule has 3 aliphatic rings. The first kappa shape index (κ1) is 35.9. The van der Waals surface area contributed by atoms with E-state index in [0.717, 1.165) is 12.1 Å². The minimum atomic E-state index is -4.89. The first-order valence-corrected chi connectivity index (χ1v) is 16.8. The van der Waals surface area contributed by atoms with Gasteiger partial charge in [-0.15, -0.1) is 0 Å². The molecular weight excluding hydrogens is 677 g/mol. The van der Waals surface area contributed by atoms with Crippen LogP contribution in [-0.2, 0) is 29.9 Å². The molecule has 2 bridgehead atoms. The molecule has 16 nitrogen and oxygen atoms in total. The van der Waals surface area contributed by atoms with E-state index in [9.17, 15) is 32.5 Å². The van der Waals surface area contributed by atoms with Crippen molar-refractivity contribution in [2.45, 2.75) is 83.4 Å². The van der Waals surface area contributed by atoms with E-state index in [1.54, 1.807) is 11.8 Å². The van der Waals surface area contributed by atoms with Gasteiger partial charge in [0.25, 0.3) is 11.8 Å². The van der Waals surface area contributed by atoms with Crippen LogP contribution in [0.3, 0.4) is 0 Å². The minimum Gasteiger partial charge on any atom is -0.451 e. The van der Waals surface area contributed by atoms with Gasteiger partial charge in [-0.1, -0.05) is 11.2 Å². The summed E-state index contributed by atoms with van der Waals surface area (Å²) in [5.41, 5.74) is -2.07. The molecule has 5 rings (SSSR count). The number of aromatic nitrogens is 1. The van der Waals surface area contributed by atoms with E-state index in [-0.39, 0.29) is 23.8 Å². The van der Waals surface area contributed by atoms with Crippen molar-refractivity contribution < 1.29 is 61.1 Å². The largest absolute Gasteiger partial charge is 0.511 e. The van der Waals surface area contributed by atoms with Gasteiger partial charge in [-0.25, -0.2) is 18.1 Å². The second kappa shape index (κ2) is 13.9. The molecule has 1 aromatic heterocycles. The molecule has 19 heteroatoms. The summed E-state index contributed by atoms with van der Waals surface area (Å²) in [5.74, 6) is -3.91. The molecule has 3 aliphatic heterocycles. The van der Waals surface area contributed by atoms with Crippen LogP contribution in [0.5, 0.6) is 5.75 Å². The number of halogens is 2. The SMILES string of the molecule is CC1=NO[C@@]2(CC[C@H](C)N3C[C@H]2n2cc(C(=O)NCc4ccc(F)cc4F)c(=O)c(OCOC(=O)O[C@@H](C)[C@@H](C)OP(=O)(O)O)c2C3=O)C1. The highest BCUT2D eigenvalue weighted by atomic mass is 31.2. The van der Waals surface area contributed by atoms with E-state index in [4.69, 9.17) is 28.8 Å². The van der Waals surface area contributed by atoms with Crippen molar-refractivity contribution in [3.05, 3.63) is 63.1 Å². The van der Waals surface area contributed by atoms with Gasteiger partial charge in [-0.05, 0) is 46.6 Å². The summed E-state index contributed by atoms with van der Waals surface area (Å²) < 4.78 is 60.2. The summed E-state index contributed by atoms with van der Waals surface area (Å²) >= 11 is 0. The van der Waals surface area contributed by atoms with E-state index in [0.29, 0.717) is 31.0 Å². The zero-order valence-corrected chi connectivity index (χ0v) is 27.8. The van der Waals surface area contributed by atoms with Crippen LogP contribution in [0.15, 0.2) is 34.3 Å². The first-order valence-electron chi connectivity index (χ1n) is 15.2. The van der Waals surface area contributed by atoms with Crippen LogP contribution in [0.1, 0.15) is 79.4 Å². The fourth-order valence-corrected chi connectivity index (χ4v) is 6.67. The van der Waals surface area contributed by atoms with Gasteiger partial charge in [0.05, 0.1) is 11.8 Å². The maximum atomic E-state index is 14.3. The second-order valence-electron chi connectivity index (χ2n) is 12.2. The minimum absolute atomic E-state index is 0.0551. The highest BCUT2D eigenvalue weighted by molar-refractivity contribution is 7.46. The third kappa shape index (κ3) is 7.61. The molecule has 5 atom stereocenters. The number of carbonyl (C=O) groups excluding carboxylic acids is 3. The van der Waals surface area contributed by atoms with Gasteiger partial charge in [0, 0.05) is 43.4 Å². The van der Waals surface area contributed by atoms with E-state index in [2.05, 4.69) is 15.0 Å². The zero-order valence-electron chi connectivity index (χ0n) is 26.9. The summed E-state index contributed by atoms with van der Waals surface area (Å²) in [4.78, 5) is 79.2. The van der Waals surface area contributed by atoms with E-state index < -0.39 is 91.4 Å².